The predicted molar refractivity (Wildman–Crippen MR) is 56.6 cm³/mol. The van der Waals surface area contributed by atoms with Crippen molar-refractivity contribution in [3.8, 4) is 0 Å². The lowest BCUT2D eigenvalue weighted by Gasteiger charge is -2.27. The summed E-state index contributed by atoms with van der Waals surface area (Å²) in [6, 6.07) is 0.683. The molecule has 0 amide bonds. The van der Waals surface area contributed by atoms with Crippen molar-refractivity contribution >= 4 is 15.9 Å². The third-order valence-electron chi connectivity index (χ3n) is 2.90. The molecule has 2 atom stereocenters. The Morgan fingerprint density at radius 1 is 1.54 bits per heavy atom. The third-order valence-corrected chi connectivity index (χ3v) is 3.31. The zero-order valence-electron chi connectivity index (χ0n) is 7.91. The van der Waals surface area contributed by atoms with Crippen LogP contribution in [-0.4, -0.2) is 9.55 Å². The summed E-state index contributed by atoms with van der Waals surface area (Å²) in [6.45, 7) is 2.35. The van der Waals surface area contributed by atoms with Gasteiger partial charge in [0.2, 0.25) is 0 Å². The smallest absolute Gasteiger partial charge is 0.124 e. The normalized spacial score (nSPS) is 29.1. The first-order valence-corrected chi connectivity index (χ1v) is 5.74. The zero-order valence-corrected chi connectivity index (χ0v) is 9.50. The van der Waals surface area contributed by atoms with Crippen LogP contribution < -0.4 is 0 Å². The van der Waals surface area contributed by atoms with Gasteiger partial charge in [-0.25, -0.2) is 4.98 Å². The predicted octanol–water partition coefficient (Wildman–Crippen LogP) is 3.40. The maximum absolute atomic E-state index is 4.20. The molecule has 13 heavy (non-hydrogen) atoms. The Hall–Kier alpha value is -0.310. The highest BCUT2D eigenvalue weighted by Crippen LogP contribution is 2.32. The molecule has 2 rings (SSSR count). The second kappa shape index (κ2) is 3.82. The lowest BCUT2D eigenvalue weighted by molar-refractivity contribution is 0.282. The molecule has 1 aliphatic rings. The van der Waals surface area contributed by atoms with Crippen LogP contribution in [0.1, 0.15) is 38.6 Å². The van der Waals surface area contributed by atoms with E-state index in [1.165, 1.54) is 25.7 Å². The average molecular weight is 243 g/mol. The molecule has 2 nitrogen and oxygen atoms in total. The Labute approximate surface area is 87.5 Å². The molecule has 1 aromatic rings. The van der Waals surface area contributed by atoms with E-state index in [1.54, 1.807) is 0 Å². The Morgan fingerprint density at radius 2 is 2.38 bits per heavy atom. The highest BCUT2D eigenvalue weighted by Gasteiger charge is 2.19. The van der Waals surface area contributed by atoms with Crippen LogP contribution in [0.3, 0.4) is 0 Å². The van der Waals surface area contributed by atoms with Crippen molar-refractivity contribution in [3.05, 3.63) is 17.1 Å². The molecule has 0 saturated heterocycles. The summed E-state index contributed by atoms with van der Waals surface area (Å²) in [7, 11) is 0. The molecular weight excluding hydrogens is 228 g/mol. The van der Waals surface area contributed by atoms with E-state index in [0.717, 1.165) is 10.5 Å². The third kappa shape index (κ3) is 2.13. The van der Waals surface area contributed by atoms with Gasteiger partial charge in [0.1, 0.15) is 4.60 Å². The van der Waals surface area contributed by atoms with Crippen molar-refractivity contribution in [1.29, 1.82) is 0 Å². The Bertz CT molecular complexity index is 282. The van der Waals surface area contributed by atoms with Crippen LogP contribution in [0.5, 0.6) is 0 Å². The van der Waals surface area contributed by atoms with Gasteiger partial charge in [-0.05, 0) is 34.7 Å². The maximum Gasteiger partial charge on any atom is 0.124 e. The minimum absolute atomic E-state index is 0.683. The molecule has 0 aromatic carbocycles. The Kier molecular flexibility index (Phi) is 2.72. The standard InChI is InChI=1S/C10H15BrN2/c1-8-3-2-4-9(5-8)13-6-10(11)12-7-13/h6-9H,2-5H2,1H3. The van der Waals surface area contributed by atoms with Crippen molar-refractivity contribution in [3.63, 3.8) is 0 Å². The second-order valence-corrected chi connectivity index (χ2v) is 4.88. The van der Waals surface area contributed by atoms with Gasteiger partial charge >= 0.3 is 0 Å². The van der Waals surface area contributed by atoms with Crippen molar-refractivity contribution in [1.82, 2.24) is 9.55 Å². The fourth-order valence-electron chi connectivity index (χ4n) is 2.18. The summed E-state index contributed by atoms with van der Waals surface area (Å²) in [5, 5.41) is 0. The van der Waals surface area contributed by atoms with Gasteiger partial charge in [-0.2, -0.15) is 0 Å². The SMILES string of the molecule is CC1CCCC(n2cnc(Br)c2)C1. The number of hydrogen-bond acceptors (Lipinski definition) is 1. The number of rotatable bonds is 1. The molecule has 0 bridgehead atoms. The molecule has 2 unspecified atom stereocenters. The van der Waals surface area contributed by atoms with Crippen molar-refractivity contribution in [2.24, 2.45) is 5.92 Å². The van der Waals surface area contributed by atoms with Gasteiger partial charge < -0.3 is 4.57 Å². The van der Waals surface area contributed by atoms with Crippen molar-refractivity contribution < 1.29 is 0 Å². The highest BCUT2D eigenvalue weighted by molar-refractivity contribution is 9.10. The molecule has 1 heterocycles. The van der Waals surface area contributed by atoms with E-state index in [-0.39, 0.29) is 0 Å². The molecule has 1 saturated carbocycles. The fraction of sp³-hybridized carbons (Fsp3) is 0.700. The number of aromatic nitrogens is 2. The van der Waals surface area contributed by atoms with Crippen LogP contribution >= 0.6 is 15.9 Å². The minimum Gasteiger partial charge on any atom is -0.333 e. The Balaban J connectivity index is 2.08. The number of halogens is 1. The summed E-state index contributed by atoms with van der Waals surface area (Å²) in [5.41, 5.74) is 0. The van der Waals surface area contributed by atoms with E-state index >= 15 is 0 Å². The van der Waals surface area contributed by atoms with Gasteiger partial charge in [0, 0.05) is 12.2 Å². The second-order valence-electron chi connectivity index (χ2n) is 4.07. The molecule has 3 heteroatoms. The van der Waals surface area contributed by atoms with E-state index in [4.69, 9.17) is 0 Å². The van der Waals surface area contributed by atoms with Gasteiger partial charge in [0.15, 0.2) is 0 Å². The fourth-order valence-corrected chi connectivity index (χ4v) is 2.51. The molecule has 1 aliphatic carbocycles. The van der Waals surface area contributed by atoms with Crippen molar-refractivity contribution in [2.75, 3.05) is 0 Å². The molecule has 1 fully saturated rings. The molecule has 0 radical (unpaired) electrons. The summed E-state index contributed by atoms with van der Waals surface area (Å²) < 4.78 is 3.20. The lowest BCUT2D eigenvalue weighted by atomic mass is 9.87. The van der Waals surface area contributed by atoms with E-state index in [0.29, 0.717) is 6.04 Å². The number of nitrogens with zero attached hydrogens (tertiary/aromatic N) is 2. The van der Waals surface area contributed by atoms with E-state index in [9.17, 15) is 0 Å². The molecule has 0 N–H and O–H groups in total. The van der Waals surface area contributed by atoms with Gasteiger partial charge in [-0.15, -0.1) is 0 Å². The molecule has 1 aromatic heterocycles. The van der Waals surface area contributed by atoms with Crippen LogP contribution in [0.25, 0.3) is 0 Å². The van der Waals surface area contributed by atoms with Crippen molar-refractivity contribution in [2.45, 2.75) is 38.6 Å². The maximum atomic E-state index is 4.20. The Morgan fingerprint density at radius 3 is 3.00 bits per heavy atom. The van der Waals surface area contributed by atoms with Gasteiger partial charge in [-0.1, -0.05) is 19.8 Å². The first kappa shape index (κ1) is 9.25. The van der Waals surface area contributed by atoms with Gasteiger partial charge in [-0.3, -0.25) is 0 Å². The number of hydrogen-bond donors (Lipinski definition) is 0. The molecule has 0 aliphatic heterocycles. The van der Waals surface area contributed by atoms with Crippen LogP contribution in [0, 0.1) is 5.92 Å². The topological polar surface area (TPSA) is 17.8 Å². The summed E-state index contributed by atoms with van der Waals surface area (Å²) >= 11 is 3.38. The van der Waals surface area contributed by atoms with Crippen LogP contribution in [-0.2, 0) is 0 Å². The summed E-state index contributed by atoms with van der Waals surface area (Å²) in [4.78, 5) is 4.20. The monoisotopic (exact) mass is 242 g/mol. The van der Waals surface area contributed by atoms with E-state index < -0.39 is 0 Å². The van der Waals surface area contributed by atoms with Crippen LogP contribution in [0.4, 0.5) is 0 Å². The van der Waals surface area contributed by atoms with Gasteiger partial charge in [0.05, 0.1) is 6.33 Å². The molecular formula is C10H15BrN2. The zero-order chi connectivity index (χ0) is 9.26. The minimum atomic E-state index is 0.683. The molecule has 0 spiro atoms. The summed E-state index contributed by atoms with van der Waals surface area (Å²) in [5.74, 6) is 0.875. The average Bonchev–Trinajstić information content (AvgIpc) is 2.52. The van der Waals surface area contributed by atoms with E-state index in [1.807, 2.05) is 6.33 Å². The highest BCUT2D eigenvalue weighted by atomic mass is 79.9. The number of imidazole rings is 1. The first-order valence-electron chi connectivity index (χ1n) is 4.94. The molecule has 72 valence electrons. The lowest BCUT2D eigenvalue weighted by Crippen LogP contribution is -2.16. The van der Waals surface area contributed by atoms with Crippen LogP contribution in [0.2, 0.25) is 0 Å². The van der Waals surface area contributed by atoms with E-state index in [2.05, 4.69) is 38.6 Å². The summed E-state index contributed by atoms with van der Waals surface area (Å²) in [6.07, 6.45) is 9.40. The quantitative estimate of drug-likeness (QED) is 0.739. The largest absolute Gasteiger partial charge is 0.333 e. The van der Waals surface area contributed by atoms with Gasteiger partial charge in [0.25, 0.3) is 0 Å². The van der Waals surface area contributed by atoms with Crippen LogP contribution in [0.15, 0.2) is 17.1 Å². The first-order chi connectivity index (χ1) is 6.25.